The summed E-state index contributed by atoms with van der Waals surface area (Å²) in [5, 5.41) is 14.4. The van der Waals surface area contributed by atoms with Gasteiger partial charge >= 0.3 is 0 Å². The van der Waals surface area contributed by atoms with E-state index in [2.05, 4.69) is 36.5 Å². The van der Waals surface area contributed by atoms with Crippen LogP contribution in [0.3, 0.4) is 0 Å². The quantitative estimate of drug-likeness (QED) is 0.759. The van der Waals surface area contributed by atoms with Gasteiger partial charge in [0.25, 0.3) is 0 Å². The molecular formula is C15H16NO2-. The summed E-state index contributed by atoms with van der Waals surface area (Å²) in [5.74, 6) is -0.703. The normalized spacial score (nSPS) is 28.4. The van der Waals surface area contributed by atoms with Gasteiger partial charge in [-0.15, -0.1) is 0 Å². The Morgan fingerprint density at radius 3 is 2.89 bits per heavy atom. The number of hydrogen-bond donors (Lipinski definition) is 1. The Morgan fingerprint density at radius 1 is 1.39 bits per heavy atom. The summed E-state index contributed by atoms with van der Waals surface area (Å²) in [7, 11) is 0. The summed E-state index contributed by atoms with van der Waals surface area (Å²) in [5.41, 5.74) is 4.53. The number of aryl methyl sites for hydroxylation is 2. The largest absolute Gasteiger partial charge is 0.548 e. The Bertz CT molecular complexity index is 548. The minimum atomic E-state index is -1.00. The molecule has 0 saturated heterocycles. The van der Waals surface area contributed by atoms with Crippen molar-refractivity contribution >= 4 is 11.7 Å². The van der Waals surface area contributed by atoms with Crippen molar-refractivity contribution in [2.45, 2.75) is 32.2 Å². The smallest absolute Gasteiger partial charge is 0.0698 e. The van der Waals surface area contributed by atoms with Crippen LogP contribution in [0.2, 0.25) is 0 Å². The molecule has 18 heavy (non-hydrogen) atoms. The molecule has 1 aromatic carbocycles. The molecule has 1 heterocycles. The topological polar surface area (TPSA) is 52.2 Å². The molecule has 3 nitrogen and oxygen atoms in total. The molecule has 1 N–H and O–H groups in total. The molecule has 3 atom stereocenters. The number of carbonyl (C=O) groups is 1. The van der Waals surface area contributed by atoms with Gasteiger partial charge in [-0.25, -0.2) is 0 Å². The third kappa shape index (κ3) is 1.54. The molecule has 3 heteroatoms. The number of hydrogen-bond acceptors (Lipinski definition) is 3. The molecular weight excluding hydrogens is 226 g/mol. The first-order chi connectivity index (χ1) is 8.58. The maximum absolute atomic E-state index is 11.3. The van der Waals surface area contributed by atoms with Crippen molar-refractivity contribution in [1.29, 1.82) is 0 Å². The van der Waals surface area contributed by atoms with E-state index in [1.165, 1.54) is 11.1 Å². The SMILES string of the molecule is Cc1cc(C)c2c(c1)C1C=CCC1C(C(=O)[O-])N2. The van der Waals surface area contributed by atoms with Gasteiger partial charge in [-0.1, -0.05) is 29.8 Å². The molecule has 0 aromatic heterocycles. The highest BCUT2D eigenvalue weighted by atomic mass is 16.4. The summed E-state index contributed by atoms with van der Waals surface area (Å²) >= 11 is 0. The fourth-order valence-corrected chi connectivity index (χ4v) is 3.31. The van der Waals surface area contributed by atoms with Gasteiger partial charge in [0.2, 0.25) is 0 Å². The Morgan fingerprint density at radius 2 is 2.17 bits per heavy atom. The number of nitrogens with one attached hydrogen (secondary N) is 1. The van der Waals surface area contributed by atoms with Gasteiger partial charge < -0.3 is 15.2 Å². The van der Waals surface area contributed by atoms with E-state index < -0.39 is 12.0 Å². The summed E-state index contributed by atoms with van der Waals surface area (Å²) in [4.78, 5) is 11.3. The second kappa shape index (κ2) is 3.87. The molecule has 1 aliphatic carbocycles. The lowest BCUT2D eigenvalue weighted by atomic mass is 9.78. The van der Waals surface area contributed by atoms with Crippen LogP contribution in [-0.2, 0) is 4.79 Å². The monoisotopic (exact) mass is 242 g/mol. The third-order valence-electron chi connectivity index (χ3n) is 4.06. The number of carboxylic acids is 1. The highest BCUT2D eigenvalue weighted by molar-refractivity contribution is 5.80. The molecule has 0 amide bonds. The van der Waals surface area contributed by atoms with E-state index in [0.29, 0.717) is 0 Å². The Kier molecular flexibility index (Phi) is 2.44. The maximum Gasteiger partial charge on any atom is 0.0698 e. The minimum Gasteiger partial charge on any atom is -0.548 e. The predicted molar refractivity (Wildman–Crippen MR) is 68.3 cm³/mol. The van der Waals surface area contributed by atoms with E-state index in [-0.39, 0.29) is 11.8 Å². The molecule has 0 bridgehead atoms. The van der Waals surface area contributed by atoms with Crippen LogP contribution in [0, 0.1) is 19.8 Å². The molecule has 0 fully saturated rings. The molecule has 1 aliphatic heterocycles. The highest BCUT2D eigenvalue weighted by Crippen LogP contribution is 2.45. The number of aliphatic carboxylic acids is 1. The van der Waals surface area contributed by atoms with Crippen molar-refractivity contribution in [3.8, 4) is 0 Å². The number of carbonyl (C=O) groups excluding carboxylic acids is 1. The summed E-state index contributed by atoms with van der Waals surface area (Å²) in [6.45, 7) is 4.09. The lowest BCUT2D eigenvalue weighted by Gasteiger charge is -2.38. The Labute approximate surface area is 107 Å². The zero-order chi connectivity index (χ0) is 12.9. The van der Waals surface area contributed by atoms with E-state index in [9.17, 15) is 9.90 Å². The molecule has 94 valence electrons. The molecule has 1 aromatic rings. The Hall–Kier alpha value is -1.77. The lowest BCUT2D eigenvalue weighted by Crippen LogP contribution is -2.49. The first-order valence-electron chi connectivity index (χ1n) is 6.33. The fraction of sp³-hybridized carbons (Fsp3) is 0.400. The zero-order valence-electron chi connectivity index (χ0n) is 10.6. The van der Waals surface area contributed by atoms with Gasteiger partial charge in [-0.05, 0) is 37.3 Å². The van der Waals surface area contributed by atoms with E-state index in [4.69, 9.17) is 0 Å². The number of benzene rings is 1. The fourth-order valence-electron chi connectivity index (χ4n) is 3.31. The molecule has 0 saturated carbocycles. The van der Waals surface area contributed by atoms with Crippen LogP contribution in [0.4, 0.5) is 5.69 Å². The molecule has 2 aliphatic rings. The second-order valence-electron chi connectivity index (χ2n) is 5.34. The Balaban J connectivity index is 2.14. The van der Waals surface area contributed by atoms with Crippen molar-refractivity contribution in [3.05, 3.63) is 41.0 Å². The first kappa shape index (κ1) is 11.3. The van der Waals surface area contributed by atoms with Crippen molar-refractivity contribution < 1.29 is 9.90 Å². The number of rotatable bonds is 1. The predicted octanol–water partition coefficient (Wildman–Crippen LogP) is 1.51. The van der Waals surface area contributed by atoms with E-state index in [1.54, 1.807) is 0 Å². The van der Waals surface area contributed by atoms with E-state index in [0.717, 1.165) is 17.7 Å². The van der Waals surface area contributed by atoms with Crippen molar-refractivity contribution in [1.82, 2.24) is 0 Å². The molecule has 0 radical (unpaired) electrons. The molecule has 0 spiro atoms. The molecule has 3 unspecified atom stereocenters. The van der Waals surface area contributed by atoms with Gasteiger partial charge in [-0.2, -0.15) is 0 Å². The van der Waals surface area contributed by atoms with Gasteiger partial charge in [0.15, 0.2) is 0 Å². The van der Waals surface area contributed by atoms with Crippen LogP contribution in [0.15, 0.2) is 24.3 Å². The van der Waals surface area contributed by atoms with Crippen molar-refractivity contribution in [2.75, 3.05) is 5.32 Å². The highest BCUT2D eigenvalue weighted by Gasteiger charge is 2.38. The number of anilines is 1. The van der Waals surface area contributed by atoms with Gasteiger partial charge in [-0.3, -0.25) is 0 Å². The number of carboxylic acid groups (broad SMARTS) is 1. The first-order valence-corrected chi connectivity index (χ1v) is 6.33. The minimum absolute atomic E-state index is 0.0868. The van der Waals surface area contributed by atoms with Gasteiger partial charge in [0.1, 0.15) is 0 Å². The van der Waals surface area contributed by atoms with Crippen LogP contribution < -0.4 is 10.4 Å². The van der Waals surface area contributed by atoms with E-state index >= 15 is 0 Å². The van der Waals surface area contributed by atoms with Crippen molar-refractivity contribution in [3.63, 3.8) is 0 Å². The van der Waals surface area contributed by atoms with Crippen LogP contribution in [0.25, 0.3) is 0 Å². The zero-order valence-corrected chi connectivity index (χ0v) is 10.6. The summed E-state index contributed by atoms with van der Waals surface area (Å²) in [6, 6.07) is 3.66. The van der Waals surface area contributed by atoms with Crippen LogP contribution in [-0.4, -0.2) is 12.0 Å². The standard InChI is InChI=1S/C15H17NO2/c1-8-6-9(2)13-12(7-8)10-4-3-5-11(10)14(16-13)15(17)18/h3-4,6-7,10-11,14,16H,5H2,1-2H3,(H,17,18)/p-1. The third-order valence-corrected chi connectivity index (χ3v) is 4.06. The van der Waals surface area contributed by atoms with Gasteiger partial charge in [0, 0.05) is 11.6 Å². The second-order valence-corrected chi connectivity index (χ2v) is 5.34. The maximum atomic E-state index is 11.3. The van der Waals surface area contributed by atoms with Crippen LogP contribution >= 0.6 is 0 Å². The summed E-state index contributed by atoms with van der Waals surface area (Å²) in [6.07, 6.45) is 5.03. The van der Waals surface area contributed by atoms with Gasteiger partial charge in [0.05, 0.1) is 12.0 Å². The van der Waals surface area contributed by atoms with Crippen molar-refractivity contribution in [2.24, 2.45) is 5.92 Å². The lowest BCUT2D eigenvalue weighted by molar-refractivity contribution is -0.308. The van der Waals surface area contributed by atoms with Crippen LogP contribution in [0.1, 0.15) is 29.0 Å². The van der Waals surface area contributed by atoms with E-state index in [1.807, 2.05) is 6.92 Å². The average Bonchev–Trinajstić information content (AvgIpc) is 2.76. The van der Waals surface area contributed by atoms with Crippen LogP contribution in [0.5, 0.6) is 0 Å². The number of allylic oxidation sites excluding steroid dienone is 2. The number of fused-ring (bicyclic) bond motifs is 3. The average molecular weight is 242 g/mol. The summed E-state index contributed by atoms with van der Waals surface area (Å²) < 4.78 is 0. The molecule has 3 rings (SSSR count).